The van der Waals surface area contributed by atoms with E-state index in [1.807, 2.05) is 11.0 Å². The molecule has 1 aromatic heterocycles. The zero-order chi connectivity index (χ0) is 15.6. The van der Waals surface area contributed by atoms with Crippen molar-refractivity contribution in [3.63, 3.8) is 0 Å². The first-order chi connectivity index (χ1) is 11.3. The number of carbonyl (C=O) groups excluding carboxylic acids is 1. The molecule has 2 aromatic rings. The van der Waals surface area contributed by atoms with Gasteiger partial charge in [0.05, 0.1) is 17.9 Å². The lowest BCUT2D eigenvalue weighted by atomic mass is 9.90. The van der Waals surface area contributed by atoms with Gasteiger partial charge in [-0.3, -0.25) is 14.8 Å². The Balaban J connectivity index is 1.61. The fourth-order valence-electron chi connectivity index (χ4n) is 3.83. The summed E-state index contributed by atoms with van der Waals surface area (Å²) in [5.41, 5.74) is 4.50. The van der Waals surface area contributed by atoms with Crippen LogP contribution in [0, 0.1) is 0 Å². The Kier molecular flexibility index (Phi) is 3.82. The Morgan fingerprint density at radius 2 is 1.96 bits per heavy atom. The third kappa shape index (κ3) is 2.74. The first kappa shape index (κ1) is 14.4. The zero-order valence-corrected chi connectivity index (χ0v) is 13.2. The van der Waals surface area contributed by atoms with Crippen LogP contribution in [0.4, 0.5) is 0 Å². The van der Waals surface area contributed by atoms with Crippen molar-refractivity contribution in [2.24, 2.45) is 0 Å². The summed E-state index contributed by atoms with van der Waals surface area (Å²) in [6, 6.07) is 6.32. The molecule has 0 saturated carbocycles. The van der Waals surface area contributed by atoms with E-state index in [2.05, 4.69) is 22.1 Å². The average molecular weight is 307 g/mol. The molecule has 23 heavy (non-hydrogen) atoms. The number of aryl methyl sites for hydroxylation is 2. The Hall–Kier alpha value is -2.23. The van der Waals surface area contributed by atoms with Crippen molar-refractivity contribution < 1.29 is 4.79 Å². The molecule has 1 amide bonds. The number of likely N-dealkylation sites (tertiary alicyclic amines) is 1. The lowest BCUT2D eigenvalue weighted by Crippen LogP contribution is -2.31. The molecule has 118 valence electrons. The van der Waals surface area contributed by atoms with Crippen LogP contribution in [0.25, 0.3) is 0 Å². The first-order valence-electron chi connectivity index (χ1n) is 8.51. The van der Waals surface area contributed by atoms with Crippen LogP contribution in [-0.2, 0) is 12.8 Å². The number of benzene rings is 1. The Morgan fingerprint density at radius 3 is 2.78 bits per heavy atom. The van der Waals surface area contributed by atoms with Crippen LogP contribution < -0.4 is 0 Å². The van der Waals surface area contributed by atoms with Crippen LogP contribution >= 0.6 is 0 Å². The third-order valence-corrected chi connectivity index (χ3v) is 5.03. The molecule has 1 aliphatic heterocycles. The second kappa shape index (κ2) is 6.11. The van der Waals surface area contributed by atoms with Crippen molar-refractivity contribution in [2.75, 3.05) is 6.54 Å². The minimum absolute atomic E-state index is 0.0623. The standard InChI is InChI=1S/C19H21N3O/c23-19(16-8-7-14-4-1-2-5-15(14)12-16)22-11-3-6-18(22)17-13-20-9-10-21-17/h7-10,12-13,18H,1-6,11H2/t18-/m0/s1. The molecule has 1 aromatic carbocycles. The van der Waals surface area contributed by atoms with Gasteiger partial charge in [-0.1, -0.05) is 6.07 Å². The van der Waals surface area contributed by atoms with E-state index in [9.17, 15) is 4.79 Å². The number of aromatic nitrogens is 2. The van der Waals surface area contributed by atoms with Gasteiger partial charge in [-0.05, 0) is 61.8 Å². The molecule has 2 heterocycles. The smallest absolute Gasteiger partial charge is 0.254 e. The molecule has 4 nitrogen and oxygen atoms in total. The van der Waals surface area contributed by atoms with Gasteiger partial charge in [0.1, 0.15) is 0 Å². The first-order valence-corrected chi connectivity index (χ1v) is 8.51. The van der Waals surface area contributed by atoms with Crippen molar-refractivity contribution in [2.45, 2.75) is 44.6 Å². The van der Waals surface area contributed by atoms with E-state index in [0.29, 0.717) is 0 Å². The summed E-state index contributed by atoms with van der Waals surface area (Å²) >= 11 is 0. The van der Waals surface area contributed by atoms with Crippen LogP contribution in [0.5, 0.6) is 0 Å². The minimum Gasteiger partial charge on any atom is -0.330 e. The van der Waals surface area contributed by atoms with Crippen LogP contribution in [0.15, 0.2) is 36.8 Å². The van der Waals surface area contributed by atoms with E-state index >= 15 is 0 Å². The van der Waals surface area contributed by atoms with Gasteiger partial charge in [0.15, 0.2) is 0 Å². The number of carbonyl (C=O) groups is 1. The molecule has 0 unspecified atom stereocenters. The Labute approximate surface area is 136 Å². The summed E-state index contributed by atoms with van der Waals surface area (Å²) in [6.45, 7) is 0.803. The van der Waals surface area contributed by atoms with Crippen molar-refractivity contribution >= 4 is 5.91 Å². The van der Waals surface area contributed by atoms with Crippen molar-refractivity contribution in [3.8, 4) is 0 Å². The number of amides is 1. The van der Waals surface area contributed by atoms with E-state index in [0.717, 1.165) is 43.5 Å². The van der Waals surface area contributed by atoms with Gasteiger partial charge in [-0.25, -0.2) is 0 Å². The molecule has 1 fully saturated rings. The van der Waals surface area contributed by atoms with Crippen molar-refractivity contribution in [1.29, 1.82) is 0 Å². The van der Waals surface area contributed by atoms with Gasteiger partial charge in [0, 0.05) is 24.5 Å². The van der Waals surface area contributed by atoms with Crippen molar-refractivity contribution in [1.82, 2.24) is 14.9 Å². The minimum atomic E-state index is 0.0623. The molecule has 1 aliphatic carbocycles. The monoisotopic (exact) mass is 307 g/mol. The molecular weight excluding hydrogens is 286 g/mol. The second-order valence-electron chi connectivity index (χ2n) is 6.48. The number of rotatable bonds is 2. The average Bonchev–Trinajstić information content (AvgIpc) is 3.11. The fourth-order valence-corrected chi connectivity index (χ4v) is 3.83. The fraction of sp³-hybridized carbons (Fsp3) is 0.421. The molecule has 0 radical (unpaired) electrons. The molecule has 1 atom stereocenters. The number of fused-ring (bicyclic) bond motifs is 1. The Bertz CT molecular complexity index is 714. The zero-order valence-electron chi connectivity index (χ0n) is 13.2. The summed E-state index contributed by atoms with van der Waals surface area (Å²) in [7, 11) is 0. The van der Waals surface area contributed by atoms with Gasteiger partial charge < -0.3 is 4.90 Å². The van der Waals surface area contributed by atoms with E-state index in [1.54, 1.807) is 18.6 Å². The van der Waals surface area contributed by atoms with Crippen LogP contribution in [0.3, 0.4) is 0 Å². The summed E-state index contributed by atoms with van der Waals surface area (Å²) in [5, 5.41) is 0. The second-order valence-corrected chi connectivity index (χ2v) is 6.48. The highest BCUT2D eigenvalue weighted by Gasteiger charge is 2.31. The highest BCUT2D eigenvalue weighted by Crippen LogP contribution is 2.32. The quantitative estimate of drug-likeness (QED) is 0.855. The van der Waals surface area contributed by atoms with Gasteiger partial charge in [0.2, 0.25) is 0 Å². The largest absolute Gasteiger partial charge is 0.330 e. The van der Waals surface area contributed by atoms with Gasteiger partial charge in [0.25, 0.3) is 5.91 Å². The van der Waals surface area contributed by atoms with Crippen LogP contribution in [0.1, 0.15) is 58.9 Å². The summed E-state index contributed by atoms with van der Waals surface area (Å²) < 4.78 is 0. The van der Waals surface area contributed by atoms with E-state index in [1.165, 1.54) is 24.0 Å². The SMILES string of the molecule is O=C(c1ccc2c(c1)CCCC2)N1CCC[C@H]1c1cnccn1. The highest BCUT2D eigenvalue weighted by molar-refractivity contribution is 5.95. The highest BCUT2D eigenvalue weighted by atomic mass is 16.2. The maximum Gasteiger partial charge on any atom is 0.254 e. The topological polar surface area (TPSA) is 46.1 Å². The summed E-state index contributed by atoms with van der Waals surface area (Å²) in [4.78, 5) is 23.5. The van der Waals surface area contributed by atoms with E-state index < -0.39 is 0 Å². The molecular formula is C19H21N3O. The van der Waals surface area contributed by atoms with Crippen LogP contribution in [0.2, 0.25) is 0 Å². The predicted octanol–water partition coefficient (Wildman–Crippen LogP) is 3.33. The maximum absolute atomic E-state index is 13.0. The molecule has 4 rings (SSSR count). The predicted molar refractivity (Wildman–Crippen MR) is 88.1 cm³/mol. The molecule has 4 heteroatoms. The van der Waals surface area contributed by atoms with Gasteiger partial charge in [-0.2, -0.15) is 0 Å². The van der Waals surface area contributed by atoms with E-state index in [-0.39, 0.29) is 11.9 Å². The maximum atomic E-state index is 13.0. The molecule has 0 bridgehead atoms. The number of nitrogens with zero attached hydrogens (tertiary/aromatic N) is 3. The number of hydrogen-bond acceptors (Lipinski definition) is 3. The number of hydrogen-bond donors (Lipinski definition) is 0. The molecule has 0 spiro atoms. The lowest BCUT2D eigenvalue weighted by molar-refractivity contribution is 0.0732. The van der Waals surface area contributed by atoms with Gasteiger partial charge >= 0.3 is 0 Å². The lowest BCUT2D eigenvalue weighted by Gasteiger charge is -2.25. The van der Waals surface area contributed by atoms with Gasteiger partial charge in [-0.15, -0.1) is 0 Å². The third-order valence-electron chi connectivity index (χ3n) is 5.03. The molecule has 2 aliphatic rings. The van der Waals surface area contributed by atoms with Crippen molar-refractivity contribution in [3.05, 3.63) is 59.2 Å². The van der Waals surface area contributed by atoms with E-state index in [4.69, 9.17) is 0 Å². The molecule has 1 saturated heterocycles. The molecule has 0 N–H and O–H groups in total. The normalized spacial score (nSPS) is 20.3. The van der Waals surface area contributed by atoms with Crippen LogP contribution in [-0.4, -0.2) is 27.3 Å². The summed E-state index contributed by atoms with van der Waals surface area (Å²) in [6.07, 6.45) is 11.9. The summed E-state index contributed by atoms with van der Waals surface area (Å²) in [5.74, 6) is 0.131. The Morgan fingerprint density at radius 1 is 1.09 bits per heavy atom.